The summed E-state index contributed by atoms with van der Waals surface area (Å²) in [5.41, 5.74) is 1.85. The van der Waals surface area contributed by atoms with Gasteiger partial charge in [-0.2, -0.15) is 0 Å². The van der Waals surface area contributed by atoms with E-state index < -0.39 is 0 Å². The number of rotatable bonds is 8. The molecule has 0 heterocycles. The third-order valence-electron chi connectivity index (χ3n) is 3.14. The quantitative estimate of drug-likeness (QED) is 0.571. The van der Waals surface area contributed by atoms with Crippen LogP contribution in [0.15, 0.2) is 47.4 Å². The number of aliphatic hydroxyl groups excluding tert-OH is 1. The number of hydrogen-bond donors (Lipinski definition) is 2. The van der Waals surface area contributed by atoms with Gasteiger partial charge in [-0.1, -0.05) is 6.07 Å². The fourth-order valence-corrected chi connectivity index (χ4v) is 2.79. The van der Waals surface area contributed by atoms with E-state index in [1.807, 2.05) is 30.3 Å². The smallest absolute Gasteiger partial charge is 0.165 e. The molecule has 22 heavy (non-hydrogen) atoms. The number of hydrogen-bond acceptors (Lipinski definition) is 4. The summed E-state index contributed by atoms with van der Waals surface area (Å²) in [5.74, 6) is 0.819. The van der Waals surface area contributed by atoms with Crippen molar-refractivity contribution in [3.8, 4) is 5.75 Å². The van der Waals surface area contributed by atoms with Crippen LogP contribution in [0.4, 0.5) is 10.1 Å². The van der Waals surface area contributed by atoms with Gasteiger partial charge in [-0.15, -0.1) is 11.8 Å². The zero-order chi connectivity index (χ0) is 15.8. The summed E-state index contributed by atoms with van der Waals surface area (Å²) >= 11 is 1.72. The number of ether oxygens (including phenoxy) is 1. The predicted molar refractivity (Wildman–Crippen MR) is 89.1 cm³/mol. The van der Waals surface area contributed by atoms with E-state index in [1.54, 1.807) is 17.8 Å². The molecule has 0 saturated heterocycles. The minimum Gasteiger partial charge on any atom is -0.494 e. The summed E-state index contributed by atoms with van der Waals surface area (Å²) in [6.45, 7) is 0.781. The second kappa shape index (κ2) is 8.66. The zero-order valence-electron chi connectivity index (χ0n) is 12.5. The van der Waals surface area contributed by atoms with E-state index in [2.05, 4.69) is 5.32 Å². The van der Waals surface area contributed by atoms with Crippen LogP contribution in [0.5, 0.6) is 5.75 Å². The molecule has 2 aromatic rings. The molecule has 0 aromatic heterocycles. The van der Waals surface area contributed by atoms with Gasteiger partial charge in [0.05, 0.1) is 7.11 Å². The molecular weight excluding hydrogens is 301 g/mol. The molecule has 118 valence electrons. The van der Waals surface area contributed by atoms with Crippen molar-refractivity contribution in [3.05, 3.63) is 53.8 Å². The van der Waals surface area contributed by atoms with Crippen LogP contribution in [-0.2, 0) is 6.54 Å². The van der Waals surface area contributed by atoms with Gasteiger partial charge < -0.3 is 15.2 Å². The SMILES string of the molecule is COc1ccc(CNc2ccc(SCCCO)cc2)cc1F. The van der Waals surface area contributed by atoms with Crippen molar-refractivity contribution in [2.24, 2.45) is 0 Å². The Balaban J connectivity index is 1.87. The Morgan fingerprint density at radius 2 is 1.95 bits per heavy atom. The molecule has 0 saturated carbocycles. The molecule has 2 N–H and O–H groups in total. The minimum absolute atomic E-state index is 0.227. The molecule has 0 unspecified atom stereocenters. The highest BCUT2D eigenvalue weighted by molar-refractivity contribution is 7.99. The Hall–Kier alpha value is -1.72. The van der Waals surface area contributed by atoms with Crippen molar-refractivity contribution in [3.63, 3.8) is 0 Å². The van der Waals surface area contributed by atoms with Crippen LogP contribution in [0, 0.1) is 5.82 Å². The van der Waals surface area contributed by atoms with Crippen LogP contribution in [0.3, 0.4) is 0 Å². The number of methoxy groups -OCH3 is 1. The van der Waals surface area contributed by atoms with Crippen LogP contribution in [-0.4, -0.2) is 24.6 Å². The van der Waals surface area contributed by atoms with E-state index in [1.165, 1.54) is 18.1 Å². The van der Waals surface area contributed by atoms with Gasteiger partial charge in [0, 0.05) is 29.5 Å². The number of anilines is 1. The summed E-state index contributed by atoms with van der Waals surface area (Å²) in [5, 5.41) is 12.0. The second-order valence-corrected chi connectivity index (χ2v) is 5.94. The Morgan fingerprint density at radius 3 is 2.59 bits per heavy atom. The highest BCUT2D eigenvalue weighted by Gasteiger charge is 2.03. The normalized spacial score (nSPS) is 10.5. The molecule has 0 spiro atoms. The van der Waals surface area contributed by atoms with Gasteiger partial charge in [0.25, 0.3) is 0 Å². The lowest BCUT2D eigenvalue weighted by atomic mass is 10.2. The molecule has 0 amide bonds. The molecular formula is C17H20FNO2S. The van der Waals surface area contributed by atoms with Crippen molar-refractivity contribution in [2.75, 3.05) is 24.8 Å². The lowest BCUT2D eigenvalue weighted by Crippen LogP contribution is -2.00. The molecule has 2 aromatic carbocycles. The van der Waals surface area contributed by atoms with Gasteiger partial charge >= 0.3 is 0 Å². The standard InChI is InChI=1S/C17H20FNO2S/c1-21-17-8-3-13(11-16(17)18)12-19-14-4-6-15(7-5-14)22-10-2-9-20/h3-8,11,19-20H,2,9-10,12H2,1H3. The number of aliphatic hydroxyl groups is 1. The largest absolute Gasteiger partial charge is 0.494 e. The van der Waals surface area contributed by atoms with Crippen LogP contribution in [0.1, 0.15) is 12.0 Å². The second-order valence-electron chi connectivity index (χ2n) is 4.77. The maximum Gasteiger partial charge on any atom is 0.165 e. The molecule has 0 bridgehead atoms. The number of benzene rings is 2. The van der Waals surface area contributed by atoms with Crippen LogP contribution >= 0.6 is 11.8 Å². The first-order chi connectivity index (χ1) is 10.7. The number of halogens is 1. The highest BCUT2D eigenvalue weighted by atomic mass is 32.2. The zero-order valence-corrected chi connectivity index (χ0v) is 13.3. The lowest BCUT2D eigenvalue weighted by molar-refractivity contribution is 0.296. The van der Waals surface area contributed by atoms with E-state index in [0.29, 0.717) is 6.54 Å². The van der Waals surface area contributed by atoms with E-state index in [4.69, 9.17) is 9.84 Å². The summed E-state index contributed by atoms with van der Waals surface area (Å²) < 4.78 is 18.5. The summed E-state index contributed by atoms with van der Waals surface area (Å²) in [6, 6.07) is 13.0. The first kappa shape index (κ1) is 16.6. The molecule has 0 aliphatic heterocycles. The lowest BCUT2D eigenvalue weighted by Gasteiger charge is -2.09. The molecule has 3 nitrogen and oxygen atoms in total. The molecule has 0 radical (unpaired) electrons. The molecule has 0 aliphatic carbocycles. The van der Waals surface area contributed by atoms with Crippen molar-refractivity contribution < 1.29 is 14.2 Å². The van der Waals surface area contributed by atoms with E-state index in [9.17, 15) is 4.39 Å². The monoisotopic (exact) mass is 321 g/mol. The van der Waals surface area contributed by atoms with Gasteiger partial charge in [0.15, 0.2) is 11.6 Å². The van der Waals surface area contributed by atoms with Gasteiger partial charge in [-0.3, -0.25) is 0 Å². The topological polar surface area (TPSA) is 41.5 Å². The summed E-state index contributed by atoms with van der Waals surface area (Å²) in [7, 11) is 1.45. The van der Waals surface area contributed by atoms with Gasteiger partial charge in [0.1, 0.15) is 0 Å². The average Bonchev–Trinajstić information content (AvgIpc) is 2.54. The first-order valence-electron chi connectivity index (χ1n) is 7.13. The van der Waals surface area contributed by atoms with Crippen molar-refractivity contribution in [1.29, 1.82) is 0 Å². The fraction of sp³-hybridized carbons (Fsp3) is 0.294. The van der Waals surface area contributed by atoms with Crippen molar-refractivity contribution >= 4 is 17.4 Å². The highest BCUT2D eigenvalue weighted by Crippen LogP contribution is 2.22. The van der Waals surface area contributed by atoms with Crippen molar-refractivity contribution in [1.82, 2.24) is 0 Å². The van der Waals surface area contributed by atoms with Crippen LogP contribution < -0.4 is 10.1 Å². The molecule has 5 heteroatoms. The Kier molecular flexibility index (Phi) is 6.55. The number of nitrogens with one attached hydrogen (secondary N) is 1. The maximum atomic E-state index is 13.6. The molecule has 2 rings (SSSR count). The Labute approximate surface area is 134 Å². The van der Waals surface area contributed by atoms with Gasteiger partial charge in [-0.05, 0) is 48.4 Å². The maximum absolute atomic E-state index is 13.6. The third-order valence-corrected chi connectivity index (χ3v) is 4.24. The summed E-state index contributed by atoms with van der Waals surface area (Å²) in [6.07, 6.45) is 0.799. The van der Waals surface area contributed by atoms with E-state index in [0.717, 1.165) is 23.4 Å². The third kappa shape index (κ3) is 4.93. The van der Waals surface area contributed by atoms with Gasteiger partial charge in [0.2, 0.25) is 0 Å². The predicted octanol–water partition coefficient (Wildman–Crippen LogP) is 3.92. The van der Waals surface area contributed by atoms with E-state index >= 15 is 0 Å². The van der Waals surface area contributed by atoms with E-state index in [-0.39, 0.29) is 18.2 Å². The first-order valence-corrected chi connectivity index (χ1v) is 8.11. The van der Waals surface area contributed by atoms with Crippen molar-refractivity contribution in [2.45, 2.75) is 17.9 Å². The van der Waals surface area contributed by atoms with Crippen LogP contribution in [0.2, 0.25) is 0 Å². The minimum atomic E-state index is -0.350. The average molecular weight is 321 g/mol. The number of thioether (sulfide) groups is 1. The summed E-state index contributed by atoms with van der Waals surface area (Å²) in [4.78, 5) is 1.18. The Morgan fingerprint density at radius 1 is 1.18 bits per heavy atom. The molecule has 0 atom stereocenters. The fourth-order valence-electron chi connectivity index (χ4n) is 1.95. The molecule has 0 aliphatic rings. The van der Waals surface area contributed by atoms with Gasteiger partial charge in [-0.25, -0.2) is 4.39 Å². The molecule has 0 fully saturated rings. The Bertz CT molecular complexity index is 590. The van der Waals surface area contributed by atoms with Crippen LogP contribution in [0.25, 0.3) is 0 Å².